The van der Waals surface area contributed by atoms with Crippen molar-refractivity contribution in [2.75, 3.05) is 6.54 Å². The molecule has 0 aliphatic carbocycles. The van der Waals surface area contributed by atoms with Crippen LogP contribution in [0.15, 0.2) is 42.7 Å². The van der Waals surface area contributed by atoms with Crippen molar-refractivity contribution < 1.29 is 9.90 Å². The Labute approximate surface area is 137 Å². The van der Waals surface area contributed by atoms with Crippen LogP contribution in [0.3, 0.4) is 0 Å². The zero-order chi connectivity index (χ0) is 16.5. The van der Waals surface area contributed by atoms with Crippen LogP contribution < -0.4 is 5.32 Å². The van der Waals surface area contributed by atoms with E-state index in [0.717, 1.165) is 44.5 Å². The molecular weight excluding hydrogens is 290 g/mol. The number of carboxylic acid groups (broad SMARTS) is 1. The second kappa shape index (κ2) is 9.10. The fraction of sp³-hybridized carbons (Fsp3) is 0.444. The maximum Gasteiger partial charge on any atom is 0.306 e. The second-order valence-electron chi connectivity index (χ2n) is 5.88. The number of aromatic nitrogens is 2. The molecule has 5 nitrogen and oxygen atoms in total. The summed E-state index contributed by atoms with van der Waals surface area (Å²) in [6.07, 6.45) is 7.60. The smallest absolute Gasteiger partial charge is 0.306 e. The molecule has 124 valence electrons. The normalized spacial score (nSPS) is 12.2. The zero-order valence-corrected chi connectivity index (χ0v) is 13.6. The maximum atomic E-state index is 10.7. The number of aliphatic carboxylic acids is 1. The molecule has 0 radical (unpaired) electrons. The highest BCUT2D eigenvalue weighted by molar-refractivity contribution is 5.69. The van der Waals surface area contributed by atoms with Crippen molar-refractivity contribution in [3.8, 4) is 5.69 Å². The van der Waals surface area contributed by atoms with Crippen LogP contribution in [0, 0.1) is 5.92 Å². The lowest BCUT2D eigenvalue weighted by molar-refractivity contribution is -0.141. The van der Waals surface area contributed by atoms with E-state index in [9.17, 15) is 4.79 Å². The van der Waals surface area contributed by atoms with Gasteiger partial charge in [-0.3, -0.25) is 4.79 Å². The standard InChI is InChI=1S/C18H25N3O2/c1-15(18(22)23)6-3-2-4-11-19-14-16-7-9-17(10-8-16)21-13-5-12-20-21/h5,7-10,12-13,15,19H,2-4,6,11,14H2,1H3,(H,22,23). The Bertz CT molecular complexity index is 579. The van der Waals surface area contributed by atoms with Crippen molar-refractivity contribution in [2.24, 2.45) is 5.92 Å². The fourth-order valence-corrected chi connectivity index (χ4v) is 2.42. The average Bonchev–Trinajstić information content (AvgIpc) is 3.08. The van der Waals surface area contributed by atoms with Crippen molar-refractivity contribution >= 4 is 5.97 Å². The van der Waals surface area contributed by atoms with Crippen molar-refractivity contribution in [3.05, 3.63) is 48.3 Å². The molecule has 0 aliphatic heterocycles. The lowest BCUT2D eigenvalue weighted by Gasteiger charge is -2.08. The number of carboxylic acids is 1. The molecule has 2 aromatic rings. The summed E-state index contributed by atoms with van der Waals surface area (Å²) >= 11 is 0. The largest absolute Gasteiger partial charge is 0.481 e. The molecule has 0 saturated heterocycles. The number of hydrogen-bond donors (Lipinski definition) is 2. The molecule has 1 unspecified atom stereocenters. The molecule has 1 heterocycles. The highest BCUT2D eigenvalue weighted by atomic mass is 16.4. The highest BCUT2D eigenvalue weighted by Gasteiger charge is 2.09. The third-order valence-electron chi connectivity index (χ3n) is 3.95. The first-order chi connectivity index (χ1) is 11.2. The molecule has 5 heteroatoms. The number of nitrogens with zero attached hydrogens (tertiary/aromatic N) is 2. The molecule has 1 aromatic heterocycles. The van der Waals surface area contributed by atoms with Crippen LogP contribution in [-0.4, -0.2) is 27.4 Å². The zero-order valence-electron chi connectivity index (χ0n) is 13.6. The Balaban J connectivity index is 1.59. The van der Waals surface area contributed by atoms with Gasteiger partial charge < -0.3 is 10.4 Å². The van der Waals surface area contributed by atoms with E-state index < -0.39 is 5.97 Å². The maximum absolute atomic E-state index is 10.7. The predicted molar refractivity (Wildman–Crippen MR) is 90.5 cm³/mol. The SMILES string of the molecule is CC(CCCCCNCc1ccc(-n2cccn2)cc1)C(=O)O. The summed E-state index contributed by atoms with van der Waals surface area (Å²) in [5.41, 5.74) is 2.31. The van der Waals surface area contributed by atoms with E-state index >= 15 is 0 Å². The van der Waals surface area contributed by atoms with Gasteiger partial charge in [0.2, 0.25) is 0 Å². The number of rotatable bonds is 10. The first-order valence-electron chi connectivity index (χ1n) is 8.19. The monoisotopic (exact) mass is 315 g/mol. The summed E-state index contributed by atoms with van der Waals surface area (Å²) < 4.78 is 1.84. The third kappa shape index (κ3) is 5.87. The van der Waals surface area contributed by atoms with Gasteiger partial charge in [0.05, 0.1) is 11.6 Å². The lowest BCUT2D eigenvalue weighted by atomic mass is 10.0. The minimum Gasteiger partial charge on any atom is -0.481 e. The van der Waals surface area contributed by atoms with Crippen molar-refractivity contribution in [1.82, 2.24) is 15.1 Å². The Morgan fingerprint density at radius 1 is 1.26 bits per heavy atom. The molecule has 0 fully saturated rings. The van der Waals surface area contributed by atoms with Gasteiger partial charge in [-0.05, 0) is 43.1 Å². The van der Waals surface area contributed by atoms with E-state index in [1.807, 2.05) is 16.9 Å². The third-order valence-corrected chi connectivity index (χ3v) is 3.95. The van der Waals surface area contributed by atoms with Crippen molar-refractivity contribution in [2.45, 2.75) is 39.2 Å². The second-order valence-corrected chi connectivity index (χ2v) is 5.88. The number of unbranched alkanes of at least 4 members (excludes halogenated alkanes) is 2. The van der Waals surface area contributed by atoms with E-state index in [-0.39, 0.29) is 5.92 Å². The Hall–Kier alpha value is -2.14. The van der Waals surface area contributed by atoms with Gasteiger partial charge in [-0.15, -0.1) is 0 Å². The van der Waals surface area contributed by atoms with Crippen LogP contribution in [0.5, 0.6) is 0 Å². The van der Waals surface area contributed by atoms with Crippen molar-refractivity contribution in [3.63, 3.8) is 0 Å². The summed E-state index contributed by atoms with van der Waals surface area (Å²) in [7, 11) is 0. The molecule has 23 heavy (non-hydrogen) atoms. The van der Waals surface area contributed by atoms with Crippen LogP contribution in [0.1, 0.15) is 38.2 Å². The average molecular weight is 315 g/mol. The van der Waals surface area contributed by atoms with Gasteiger partial charge in [0, 0.05) is 18.9 Å². The van der Waals surface area contributed by atoms with Gasteiger partial charge in [0.25, 0.3) is 0 Å². The van der Waals surface area contributed by atoms with Gasteiger partial charge >= 0.3 is 5.97 Å². The molecule has 0 amide bonds. The van der Waals surface area contributed by atoms with Crippen LogP contribution >= 0.6 is 0 Å². The first kappa shape index (κ1) is 17.2. The van der Waals surface area contributed by atoms with E-state index in [4.69, 9.17) is 5.11 Å². The predicted octanol–water partition coefficient (Wildman–Crippen LogP) is 3.24. The fourth-order valence-electron chi connectivity index (χ4n) is 2.42. The van der Waals surface area contributed by atoms with E-state index in [1.54, 1.807) is 13.1 Å². The summed E-state index contributed by atoms with van der Waals surface area (Å²) in [6, 6.07) is 10.3. The molecule has 2 rings (SSSR count). The van der Waals surface area contributed by atoms with E-state index in [1.165, 1.54) is 5.56 Å². The Kier molecular flexibility index (Phi) is 6.81. The van der Waals surface area contributed by atoms with E-state index in [2.05, 4.69) is 34.7 Å². The molecule has 2 N–H and O–H groups in total. The molecule has 0 bridgehead atoms. The van der Waals surface area contributed by atoms with Gasteiger partial charge in [0.15, 0.2) is 0 Å². The van der Waals surface area contributed by atoms with Gasteiger partial charge in [0.1, 0.15) is 0 Å². The lowest BCUT2D eigenvalue weighted by Crippen LogP contribution is -2.15. The quantitative estimate of drug-likeness (QED) is 0.661. The summed E-state index contributed by atoms with van der Waals surface area (Å²) in [6.45, 7) is 3.58. The van der Waals surface area contributed by atoms with Crippen LogP contribution in [0.2, 0.25) is 0 Å². The van der Waals surface area contributed by atoms with Gasteiger partial charge in [-0.25, -0.2) is 4.68 Å². The minimum atomic E-state index is -0.693. The van der Waals surface area contributed by atoms with Crippen LogP contribution in [0.4, 0.5) is 0 Å². The van der Waals surface area contributed by atoms with Crippen molar-refractivity contribution in [1.29, 1.82) is 0 Å². The van der Waals surface area contributed by atoms with Gasteiger partial charge in [-0.2, -0.15) is 5.10 Å². The minimum absolute atomic E-state index is 0.226. The first-order valence-corrected chi connectivity index (χ1v) is 8.19. The molecule has 0 aliphatic rings. The summed E-state index contributed by atoms with van der Waals surface area (Å²) in [5.74, 6) is -0.919. The number of hydrogen-bond acceptors (Lipinski definition) is 3. The molecule has 0 spiro atoms. The molecule has 0 saturated carbocycles. The van der Waals surface area contributed by atoms with Gasteiger partial charge in [-0.1, -0.05) is 31.9 Å². The number of carbonyl (C=O) groups is 1. The molecule has 1 aromatic carbocycles. The molecule has 1 atom stereocenters. The topological polar surface area (TPSA) is 67.2 Å². The summed E-state index contributed by atoms with van der Waals surface area (Å²) in [4.78, 5) is 10.7. The van der Waals surface area contributed by atoms with Crippen LogP contribution in [-0.2, 0) is 11.3 Å². The van der Waals surface area contributed by atoms with E-state index in [0.29, 0.717) is 0 Å². The Morgan fingerprint density at radius 3 is 2.70 bits per heavy atom. The summed E-state index contributed by atoms with van der Waals surface area (Å²) in [5, 5.41) is 16.4. The number of nitrogens with one attached hydrogen (secondary N) is 1. The number of benzene rings is 1. The van der Waals surface area contributed by atoms with Crippen LogP contribution in [0.25, 0.3) is 5.69 Å². The Morgan fingerprint density at radius 2 is 2.04 bits per heavy atom. The molecular formula is C18H25N3O2. The highest BCUT2D eigenvalue weighted by Crippen LogP contribution is 2.10.